The molecular weight excluding hydrogens is 242 g/mol. The van der Waals surface area contributed by atoms with Crippen molar-refractivity contribution in [3.05, 3.63) is 58.5 Å². The Balaban J connectivity index is 2.31. The molecule has 0 amide bonds. The van der Waals surface area contributed by atoms with Crippen LogP contribution in [0.25, 0.3) is 0 Å². The number of para-hydroxylation sites is 1. The van der Waals surface area contributed by atoms with Crippen molar-refractivity contribution in [2.24, 2.45) is 0 Å². The number of rotatable bonds is 5. The van der Waals surface area contributed by atoms with Crippen LogP contribution in [0.3, 0.4) is 0 Å². The van der Waals surface area contributed by atoms with Crippen molar-refractivity contribution in [3.8, 4) is 5.75 Å². The zero-order valence-corrected chi connectivity index (χ0v) is 11.0. The predicted molar refractivity (Wildman–Crippen MR) is 73.3 cm³/mol. The van der Waals surface area contributed by atoms with Crippen molar-refractivity contribution in [3.63, 3.8) is 0 Å². The van der Waals surface area contributed by atoms with Gasteiger partial charge in [0.2, 0.25) is 0 Å². The minimum atomic E-state index is -0.113. The van der Waals surface area contributed by atoms with E-state index in [0.717, 1.165) is 11.3 Å². The first-order chi connectivity index (χ1) is 9.26. The topological polar surface area (TPSA) is 56.2 Å². The molecule has 0 radical (unpaired) electrons. The molecule has 2 rings (SSSR count). The maximum Gasteiger partial charge on any atom is 0.266 e. The fourth-order valence-corrected chi connectivity index (χ4v) is 2.00. The summed E-state index contributed by atoms with van der Waals surface area (Å²) in [7, 11) is 3.49. The van der Waals surface area contributed by atoms with Crippen LogP contribution in [0, 0.1) is 0 Å². The number of hydrogen-bond acceptors (Lipinski definition) is 4. The van der Waals surface area contributed by atoms with E-state index in [-0.39, 0.29) is 11.6 Å². The number of nitrogens with one attached hydrogen (secondary N) is 1. The molecule has 1 N–H and O–H groups in total. The maximum atomic E-state index is 11.7. The second-order valence-corrected chi connectivity index (χ2v) is 4.13. The smallest absolute Gasteiger partial charge is 0.266 e. The number of benzene rings is 1. The van der Waals surface area contributed by atoms with E-state index in [4.69, 9.17) is 4.74 Å². The highest BCUT2D eigenvalue weighted by Crippen LogP contribution is 2.25. The second-order valence-electron chi connectivity index (χ2n) is 4.13. The van der Waals surface area contributed by atoms with Crippen LogP contribution >= 0.6 is 0 Å². The van der Waals surface area contributed by atoms with E-state index in [2.05, 4.69) is 10.4 Å². The third-order valence-corrected chi connectivity index (χ3v) is 3.00. The number of nitrogens with zero attached hydrogens (tertiary/aromatic N) is 2. The van der Waals surface area contributed by atoms with Gasteiger partial charge in [0, 0.05) is 17.8 Å². The molecule has 1 aromatic carbocycles. The van der Waals surface area contributed by atoms with Gasteiger partial charge in [-0.2, -0.15) is 5.10 Å². The largest absolute Gasteiger partial charge is 0.496 e. The van der Waals surface area contributed by atoms with Crippen molar-refractivity contribution in [1.82, 2.24) is 15.1 Å². The van der Waals surface area contributed by atoms with Gasteiger partial charge in [-0.1, -0.05) is 18.2 Å². The lowest BCUT2D eigenvalue weighted by molar-refractivity contribution is 0.388. The quantitative estimate of drug-likeness (QED) is 0.877. The summed E-state index contributed by atoms with van der Waals surface area (Å²) in [4.78, 5) is 11.7. The number of hydrogen-bond donors (Lipinski definition) is 1. The lowest BCUT2D eigenvalue weighted by Gasteiger charge is -2.19. The normalized spacial score (nSPS) is 12.1. The lowest BCUT2D eigenvalue weighted by Crippen LogP contribution is -2.30. The fourth-order valence-electron chi connectivity index (χ4n) is 2.00. The van der Waals surface area contributed by atoms with Crippen molar-refractivity contribution in [1.29, 1.82) is 0 Å². The number of ether oxygens (including phenoxy) is 1. The third kappa shape index (κ3) is 3.00. The van der Waals surface area contributed by atoms with Crippen LogP contribution in [0.4, 0.5) is 0 Å². The average Bonchev–Trinajstić information content (AvgIpc) is 2.46. The zero-order valence-electron chi connectivity index (χ0n) is 11.0. The van der Waals surface area contributed by atoms with Gasteiger partial charge in [-0.15, -0.1) is 0 Å². The van der Waals surface area contributed by atoms with Crippen LogP contribution in [0.5, 0.6) is 5.75 Å². The summed E-state index contributed by atoms with van der Waals surface area (Å²) in [5.41, 5.74) is 0.891. The molecule has 1 aromatic heterocycles. The van der Waals surface area contributed by atoms with E-state index in [0.29, 0.717) is 6.54 Å². The summed E-state index contributed by atoms with van der Waals surface area (Å²) in [6.07, 6.45) is 1.61. The molecule has 5 nitrogen and oxygen atoms in total. The van der Waals surface area contributed by atoms with Crippen LogP contribution in [-0.4, -0.2) is 23.9 Å². The number of aromatic nitrogens is 2. The molecule has 0 fully saturated rings. The van der Waals surface area contributed by atoms with Crippen LogP contribution in [-0.2, 0) is 6.54 Å². The highest BCUT2D eigenvalue weighted by molar-refractivity contribution is 5.35. The fraction of sp³-hybridized carbons (Fsp3) is 0.286. The SMILES string of the molecule is CNC(Cn1ncccc1=O)c1ccccc1OC. The summed E-state index contributed by atoms with van der Waals surface area (Å²) in [5, 5.41) is 7.26. The molecular formula is C14H17N3O2. The summed E-state index contributed by atoms with van der Waals surface area (Å²) in [5.74, 6) is 0.797. The highest BCUT2D eigenvalue weighted by atomic mass is 16.5. The minimum absolute atomic E-state index is 0.0382. The summed E-state index contributed by atoms with van der Waals surface area (Å²) >= 11 is 0. The molecule has 5 heteroatoms. The summed E-state index contributed by atoms with van der Waals surface area (Å²) in [6, 6.07) is 10.8. The Bertz CT molecular complexity index is 595. The molecule has 0 spiro atoms. The zero-order chi connectivity index (χ0) is 13.7. The Labute approximate surface area is 111 Å². The minimum Gasteiger partial charge on any atom is -0.496 e. The molecule has 0 aliphatic heterocycles. The van der Waals surface area contributed by atoms with E-state index in [1.54, 1.807) is 19.4 Å². The first-order valence-corrected chi connectivity index (χ1v) is 6.08. The van der Waals surface area contributed by atoms with Gasteiger partial charge in [-0.25, -0.2) is 4.68 Å². The summed E-state index contributed by atoms with van der Waals surface area (Å²) < 4.78 is 6.79. The second kappa shape index (κ2) is 6.15. The molecule has 1 atom stereocenters. The highest BCUT2D eigenvalue weighted by Gasteiger charge is 2.15. The van der Waals surface area contributed by atoms with Gasteiger partial charge in [-0.3, -0.25) is 4.79 Å². The van der Waals surface area contributed by atoms with E-state index < -0.39 is 0 Å². The predicted octanol–water partition coefficient (Wildman–Crippen LogP) is 1.21. The molecule has 1 heterocycles. The van der Waals surface area contributed by atoms with Gasteiger partial charge in [0.15, 0.2) is 0 Å². The average molecular weight is 259 g/mol. The number of methoxy groups -OCH3 is 1. The van der Waals surface area contributed by atoms with Gasteiger partial charge in [0.1, 0.15) is 5.75 Å². The van der Waals surface area contributed by atoms with Crippen LogP contribution in [0.2, 0.25) is 0 Å². The Kier molecular flexibility index (Phi) is 4.30. The Morgan fingerprint density at radius 3 is 2.79 bits per heavy atom. The van der Waals surface area contributed by atoms with Crippen molar-refractivity contribution in [2.75, 3.05) is 14.2 Å². The monoisotopic (exact) mass is 259 g/mol. The van der Waals surface area contributed by atoms with Gasteiger partial charge in [0.05, 0.1) is 19.7 Å². The lowest BCUT2D eigenvalue weighted by atomic mass is 10.1. The van der Waals surface area contributed by atoms with Gasteiger partial charge in [-0.05, 0) is 19.2 Å². The third-order valence-electron chi connectivity index (χ3n) is 3.00. The molecule has 0 saturated carbocycles. The van der Waals surface area contributed by atoms with Crippen molar-refractivity contribution in [2.45, 2.75) is 12.6 Å². The van der Waals surface area contributed by atoms with Gasteiger partial charge in [0.25, 0.3) is 5.56 Å². The van der Waals surface area contributed by atoms with E-state index in [1.165, 1.54) is 10.7 Å². The maximum absolute atomic E-state index is 11.7. The molecule has 0 saturated heterocycles. The van der Waals surface area contributed by atoms with E-state index in [9.17, 15) is 4.79 Å². The molecule has 1 unspecified atom stereocenters. The first kappa shape index (κ1) is 13.3. The van der Waals surface area contributed by atoms with Crippen LogP contribution in [0.1, 0.15) is 11.6 Å². The van der Waals surface area contributed by atoms with Gasteiger partial charge >= 0.3 is 0 Å². The Hall–Kier alpha value is -2.14. The molecule has 0 aliphatic carbocycles. The Morgan fingerprint density at radius 2 is 2.11 bits per heavy atom. The molecule has 0 bridgehead atoms. The molecule has 2 aromatic rings. The molecule has 0 aliphatic rings. The Morgan fingerprint density at radius 1 is 1.32 bits per heavy atom. The van der Waals surface area contributed by atoms with Crippen LogP contribution < -0.4 is 15.6 Å². The van der Waals surface area contributed by atoms with Crippen molar-refractivity contribution < 1.29 is 4.74 Å². The van der Waals surface area contributed by atoms with Crippen LogP contribution in [0.15, 0.2) is 47.4 Å². The van der Waals surface area contributed by atoms with Crippen molar-refractivity contribution >= 4 is 0 Å². The standard InChI is InChI=1S/C14H17N3O2/c1-15-12(10-17-14(18)8-5-9-16-17)11-6-3-4-7-13(11)19-2/h3-9,12,15H,10H2,1-2H3. The first-order valence-electron chi connectivity index (χ1n) is 6.08. The molecule has 100 valence electrons. The van der Waals surface area contributed by atoms with E-state index in [1.807, 2.05) is 31.3 Å². The molecule has 19 heavy (non-hydrogen) atoms. The van der Waals surface area contributed by atoms with Gasteiger partial charge < -0.3 is 10.1 Å². The number of likely N-dealkylation sites (N-methyl/N-ethyl adjacent to an activating group) is 1. The summed E-state index contributed by atoms with van der Waals surface area (Å²) in [6.45, 7) is 0.455. The van der Waals surface area contributed by atoms with E-state index >= 15 is 0 Å².